The summed E-state index contributed by atoms with van der Waals surface area (Å²) in [5, 5.41) is 0. The largest absolute Gasteiger partial charge is 0.212 e. The Labute approximate surface area is 139 Å². The molecule has 1 aliphatic rings. The van der Waals surface area contributed by atoms with Crippen LogP contribution in [0.4, 0.5) is 0 Å². The Bertz CT molecular complexity index is 845. The van der Waals surface area contributed by atoms with Crippen LogP contribution in [0.15, 0.2) is 30.5 Å². The third kappa shape index (κ3) is 2.27. The van der Waals surface area contributed by atoms with Crippen LogP contribution >= 0.6 is 0 Å². The maximum Gasteiger partial charge on any atom is 0.212 e. The summed E-state index contributed by atoms with van der Waals surface area (Å²) in [6, 6.07) is 7.79. The van der Waals surface area contributed by atoms with Gasteiger partial charge in [-0.25, -0.2) is 4.57 Å². The van der Waals surface area contributed by atoms with Gasteiger partial charge in [0.2, 0.25) is 5.69 Å². The topological polar surface area (TPSA) is 3.88 Å². The van der Waals surface area contributed by atoms with Crippen molar-refractivity contribution >= 4 is 0 Å². The molecule has 0 amide bonds. The molecule has 0 saturated carbocycles. The molecule has 1 heterocycles. The van der Waals surface area contributed by atoms with Crippen molar-refractivity contribution in [2.45, 2.75) is 58.7 Å². The number of hydrogen-bond acceptors (Lipinski definition) is 0. The van der Waals surface area contributed by atoms with Crippen LogP contribution in [-0.2, 0) is 17.9 Å². The molecule has 1 aromatic heterocycles. The van der Waals surface area contributed by atoms with Crippen LogP contribution in [-0.4, -0.2) is 0 Å². The molecule has 0 aliphatic heterocycles. The zero-order valence-corrected chi connectivity index (χ0v) is 14.5. The minimum atomic E-state index is -2.06. The summed E-state index contributed by atoms with van der Waals surface area (Å²) < 4.78 is 25.0. The second-order valence-electron chi connectivity index (χ2n) is 8.07. The van der Waals surface area contributed by atoms with Gasteiger partial charge in [-0.3, -0.25) is 0 Å². The van der Waals surface area contributed by atoms with Crippen LogP contribution in [0.2, 0.25) is 0 Å². The normalized spacial score (nSPS) is 20.9. The molecule has 0 atom stereocenters. The maximum absolute atomic E-state index is 7.61. The summed E-state index contributed by atoms with van der Waals surface area (Å²) in [5.74, 6) is 0. The lowest BCUT2D eigenvalue weighted by Crippen LogP contribution is -2.33. The third-order valence-electron chi connectivity index (χ3n) is 5.12. The molecule has 1 nitrogen and oxygen atoms in total. The number of hydrogen-bond donors (Lipinski definition) is 0. The van der Waals surface area contributed by atoms with Gasteiger partial charge in [-0.05, 0) is 48.2 Å². The molecule has 0 saturated heterocycles. The first-order valence-corrected chi connectivity index (χ1v) is 7.99. The van der Waals surface area contributed by atoms with Gasteiger partial charge in [0.05, 0.1) is 0 Å². The SMILES string of the molecule is [2H]C([2H])([2H])c1ccc(-c2cc3c(c[n+]2C)C(C)(C)CC3(C)C)c(C)c1. The number of benzene rings is 1. The lowest BCUT2D eigenvalue weighted by molar-refractivity contribution is -0.661. The fraction of sp³-hybridized carbons (Fsp3) is 0.476. The monoisotopic (exact) mass is 297 g/mol. The van der Waals surface area contributed by atoms with E-state index in [9.17, 15) is 0 Å². The molecule has 22 heavy (non-hydrogen) atoms. The summed E-state index contributed by atoms with van der Waals surface area (Å²) in [6.07, 6.45) is 3.40. The number of aromatic nitrogens is 1. The van der Waals surface area contributed by atoms with Crippen LogP contribution in [0.5, 0.6) is 0 Å². The van der Waals surface area contributed by atoms with Crippen molar-refractivity contribution in [3.8, 4) is 11.3 Å². The Morgan fingerprint density at radius 1 is 1.05 bits per heavy atom. The Hall–Kier alpha value is -1.63. The lowest BCUT2D eigenvalue weighted by Gasteiger charge is -2.22. The molecular formula is C21H28N+. The number of pyridine rings is 1. The van der Waals surface area contributed by atoms with Crippen LogP contribution in [0.1, 0.15) is 60.5 Å². The van der Waals surface area contributed by atoms with Gasteiger partial charge in [0, 0.05) is 21.3 Å². The fourth-order valence-corrected chi connectivity index (χ4v) is 4.26. The molecule has 1 aromatic carbocycles. The van der Waals surface area contributed by atoms with Crippen molar-refractivity contribution < 1.29 is 8.68 Å². The van der Waals surface area contributed by atoms with E-state index in [1.165, 1.54) is 11.1 Å². The average molecular weight is 297 g/mol. The fourth-order valence-electron chi connectivity index (χ4n) is 4.26. The average Bonchev–Trinajstić information content (AvgIpc) is 2.62. The molecule has 1 aliphatic carbocycles. The Kier molecular flexibility index (Phi) is 2.53. The van der Waals surface area contributed by atoms with Crippen LogP contribution in [0.3, 0.4) is 0 Å². The highest BCUT2D eigenvalue weighted by Gasteiger charge is 2.44. The van der Waals surface area contributed by atoms with Gasteiger partial charge in [-0.15, -0.1) is 0 Å². The summed E-state index contributed by atoms with van der Waals surface area (Å²) in [7, 11) is 2.08. The van der Waals surface area contributed by atoms with Gasteiger partial charge >= 0.3 is 0 Å². The first-order chi connectivity index (χ1) is 11.3. The summed E-state index contributed by atoms with van der Waals surface area (Å²) >= 11 is 0. The Balaban J connectivity index is 2.18. The number of nitrogens with zero attached hydrogens (tertiary/aromatic N) is 1. The Morgan fingerprint density at radius 3 is 2.36 bits per heavy atom. The molecule has 0 radical (unpaired) electrons. The van der Waals surface area contributed by atoms with Gasteiger partial charge in [0.1, 0.15) is 7.05 Å². The molecule has 3 rings (SSSR count). The van der Waals surface area contributed by atoms with E-state index in [2.05, 4.69) is 51.6 Å². The van der Waals surface area contributed by atoms with E-state index in [1.807, 2.05) is 13.0 Å². The minimum Gasteiger partial charge on any atom is -0.201 e. The molecule has 0 fully saturated rings. The van der Waals surface area contributed by atoms with Gasteiger partial charge in [-0.1, -0.05) is 45.4 Å². The molecule has 0 N–H and O–H groups in total. The van der Waals surface area contributed by atoms with Crippen molar-refractivity contribution in [2.75, 3.05) is 0 Å². The standard InChI is InChI=1S/C21H28N/c1-14-8-9-16(15(2)10-14)19-11-17-18(12-22(19)7)21(5,6)13-20(17,3)4/h8-12H,13H2,1-7H3/q+1/i1D3. The van der Waals surface area contributed by atoms with Crippen LogP contribution < -0.4 is 4.57 Å². The van der Waals surface area contributed by atoms with Crippen molar-refractivity contribution in [3.05, 3.63) is 52.7 Å². The zero-order valence-electron chi connectivity index (χ0n) is 17.5. The quantitative estimate of drug-likeness (QED) is 0.669. The van der Waals surface area contributed by atoms with E-state index in [0.717, 1.165) is 23.2 Å². The first-order valence-electron chi connectivity index (χ1n) is 9.49. The number of fused-ring (bicyclic) bond motifs is 1. The Morgan fingerprint density at radius 2 is 1.73 bits per heavy atom. The lowest BCUT2D eigenvalue weighted by atomic mass is 9.82. The maximum atomic E-state index is 7.61. The van der Waals surface area contributed by atoms with Gasteiger partial charge in [0.15, 0.2) is 6.20 Å². The number of rotatable bonds is 1. The van der Waals surface area contributed by atoms with E-state index < -0.39 is 6.85 Å². The predicted octanol–water partition coefficient (Wildman–Crippen LogP) is 4.75. The van der Waals surface area contributed by atoms with Crippen molar-refractivity contribution in [2.24, 2.45) is 7.05 Å². The minimum absolute atomic E-state index is 0.147. The molecular weight excluding hydrogens is 266 g/mol. The highest BCUT2D eigenvalue weighted by atomic mass is 14.9. The highest BCUT2D eigenvalue weighted by Crippen LogP contribution is 2.49. The molecule has 0 spiro atoms. The van der Waals surface area contributed by atoms with Crippen LogP contribution in [0, 0.1) is 13.8 Å². The molecule has 0 bridgehead atoms. The molecule has 116 valence electrons. The van der Waals surface area contributed by atoms with Gasteiger partial charge < -0.3 is 0 Å². The van der Waals surface area contributed by atoms with Gasteiger partial charge in [0.25, 0.3) is 0 Å². The highest BCUT2D eigenvalue weighted by molar-refractivity contribution is 5.63. The van der Waals surface area contributed by atoms with Crippen LogP contribution in [0.25, 0.3) is 11.3 Å². The summed E-state index contributed by atoms with van der Waals surface area (Å²) in [4.78, 5) is 0. The smallest absolute Gasteiger partial charge is 0.201 e. The van der Waals surface area contributed by atoms with E-state index in [4.69, 9.17) is 4.11 Å². The van der Waals surface area contributed by atoms with E-state index >= 15 is 0 Å². The van der Waals surface area contributed by atoms with Crippen molar-refractivity contribution in [1.29, 1.82) is 0 Å². The second kappa shape index (κ2) is 4.68. The molecule has 0 unspecified atom stereocenters. The number of aryl methyl sites for hydroxylation is 3. The second-order valence-corrected chi connectivity index (χ2v) is 8.07. The first kappa shape index (κ1) is 11.9. The summed E-state index contributed by atoms with van der Waals surface area (Å²) in [5.41, 5.74) is 6.78. The predicted molar refractivity (Wildman–Crippen MR) is 93.2 cm³/mol. The van der Waals surface area contributed by atoms with E-state index in [-0.39, 0.29) is 10.8 Å². The van der Waals surface area contributed by atoms with Gasteiger partial charge in [-0.2, -0.15) is 0 Å². The van der Waals surface area contributed by atoms with E-state index in [0.29, 0.717) is 5.56 Å². The third-order valence-corrected chi connectivity index (χ3v) is 5.12. The summed E-state index contributed by atoms with van der Waals surface area (Å²) in [6.45, 7) is 9.19. The zero-order chi connectivity index (χ0) is 18.8. The molecule has 2 aromatic rings. The van der Waals surface area contributed by atoms with E-state index in [1.54, 1.807) is 12.1 Å². The van der Waals surface area contributed by atoms with Crippen molar-refractivity contribution in [3.63, 3.8) is 0 Å². The molecule has 1 heteroatoms. The van der Waals surface area contributed by atoms with Crippen molar-refractivity contribution in [1.82, 2.24) is 0 Å².